The van der Waals surface area contributed by atoms with Crippen LogP contribution in [-0.4, -0.2) is 24.2 Å². The van der Waals surface area contributed by atoms with Crippen molar-refractivity contribution >= 4 is 5.82 Å². The molecule has 1 aromatic rings. The number of pyridine rings is 1. The first-order valence-electron chi connectivity index (χ1n) is 4.56. The number of methoxy groups -OCH3 is 1. The standard InChI is InChI=1S/C10H17N3O/c1-10(2,7-11)13-9-8(14-3)5-4-6-12-9/h4-6H,7,11H2,1-3H3,(H,12,13). The van der Waals surface area contributed by atoms with Crippen LogP contribution < -0.4 is 15.8 Å². The Balaban J connectivity index is 2.85. The molecule has 0 radical (unpaired) electrons. The number of nitrogens with one attached hydrogen (secondary N) is 1. The minimum atomic E-state index is -0.179. The molecule has 1 rings (SSSR count). The Kier molecular flexibility index (Phi) is 3.30. The van der Waals surface area contributed by atoms with Crippen molar-refractivity contribution in [1.29, 1.82) is 0 Å². The minimum Gasteiger partial charge on any atom is -0.493 e. The molecule has 0 saturated heterocycles. The van der Waals surface area contributed by atoms with Crippen LogP contribution in [0.15, 0.2) is 18.3 Å². The lowest BCUT2D eigenvalue weighted by Crippen LogP contribution is -2.39. The Morgan fingerprint density at radius 2 is 2.29 bits per heavy atom. The summed E-state index contributed by atoms with van der Waals surface area (Å²) in [5, 5.41) is 3.23. The molecule has 1 heterocycles. The van der Waals surface area contributed by atoms with Gasteiger partial charge in [-0.15, -0.1) is 0 Å². The van der Waals surface area contributed by atoms with E-state index in [0.29, 0.717) is 6.54 Å². The molecule has 0 aliphatic rings. The summed E-state index contributed by atoms with van der Waals surface area (Å²) in [4.78, 5) is 4.19. The number of aromatic nitrogens is 1. The predicted molar refractivity (Wildman–Crippen MR) is 57.5 cm³/mol. The van der Waals surface area contributed by atoms with Gasteiger partial charge in [0, 0.05) is 18.3 Å². The fraction of sp³-hybridized carbons (Fsp3) is 0.500. The molecule has 1 aromatic heterocycles. The van der Waals surface area contributed by atoms with E-state index < -0.39 is 0 Å². The number of hydrogen-bond acceptors (Lipinski definition) is 4. The average molecular weight is 195 g/mol. The Bertz CT molecular complexity index is 299. The van der Waals surface area contributed by atoms with Crippen LogP contribution in [0.3, 0.4) is 0 Å². The van der Waals surface area contributed by atoms with Gasteiger partial charge in [0.1, 0.15) is 0 Å². The topological polar surface area (TPSA) is 60.2 Å². The highest BCUT2D eigenvalue weighted by atomic mass is 16.5. The van der Waals surface area contributed by atoms with E-state index in [-0.39, 0.29) is 5.54 Å². The molecule has 0 bridgehead atoms. The summed E-state index contributed by atoms with van der Waals surface area (Å²) in [6, 6.07) is 3.70. The van der Waals surface area contributed by atoms with Crippen molar-refractivity contribution in [2.75, 3.05) is 19.0 Å². The van der Waals surface area contributed by atoms with E-state index in [9.17, 15) is 0 Å². The number of nitrogens with two attached hydrogens (primary N) is 1. The van der Waals surface area contributed by atoms with Gasteiger partial charge in [-0.2, -0.15) is 0 Å². The Hall–Kier alpha value is -1.29. The van der Waals surface area contributed by atoms with Gasteiger partial charge in [0.15, 0.2) is 11.6 Å². The molecule has 0 spiro atoms. The monoisotopic (exact) mass is 195 g/mol. The van der Waals surface area contributed by atoms with Crippen LogP contribution >= 0.6 is 0 Å². The van der Waals surface area contributed by atoms with Gasteiger partial charge in [-0.25, -0.2) is 4.98 Å². The lowest BCUT2D eigenvalue weighted by molar-refractivity contribution is 0.412. The molecule has 0 aliphatic heterocycles. The van der Waals surface area contributed by atoms with Gasteiger partial charge >= 0.3 is 0 Å². The second-order valence-corrected chi connectivity index (χ2v) is 3.77. The molecule has 0 atom stereocenters. The summed E-state index contributed by atoms with van der Waals surface area (Å²) in [7, 11) is 1.62. The van der Waals surface area contributed by atoms with Gasteiger partial charge in [0.05, 0.1) is 7.11 Å². The third kappa shape index (κ3) is 2.60. The molecule has 14 heavy (non-hydrogen) atoms. The molecule has 0 aromatic carbocycles. The molecular formula is C10H17N3O. The van der Waals surface area contributed by atoms with E-state index in [4.69, 9.17) is 10.5 Å². The predicted octanol–water partition coefficient (Wildman–Crippen LogP) is 1.24. The summed E-state index contributed by atoms with van der Waals surface area (Å²) in [6.07, 6.45) is 1.72. The lowest BCUT2D eigenvalue weighted by atomic mass is 10.1. The van der Waals surface area contributed by atoms with Crippen LogP contribution in [0.5, 0.6) is 5.75 Å². The molecule has 78 valence electrons. The van der Waals surface area contributed by atoms with E-state index in [2.05, 4.69) is 10.3 Å². The minimum absolute atomic E-state index is 0.179. The summed E-state index contributed by atoms with van der Waals surface area (Å²) in [5.41, 5.74) is 5.44. The molecule has 4 nitrogen and oxygen atoms in total. The Morgan fingerprint density at radius 1 is 1.57 bits per heavy atom. The highest BCUT2D eigenvalue weighted by Crippen LogP contribution is 2.23. The third-order valence-electron chi connectivity index (χ3n) is 1.96. The number of ether oxygens (including phenoxy) is 1. The molecule has 4 heteroatoms. The number of rotatable bonds is 4. The van der Waals surface area contributed by atoms with Crippen molar-refractivity contribution in [1.82, 2.24) is 4.98 Å². The van der Waals surface area contributed by atoms with Gasteiger partial charge < -0.3 is 15.8 Å². The molecule has 0 saturated carbocycles. The van der Waals surface area contributed by atoms with Crippen molar-refractivity contribution in [3.8, 4) is 5.75 Å². The van der Waals surface area contributed by atoms with Crippen LogP contribution in [-0.2, 0) is 0 Å². The van der Waals surface area contributed by atoms with Crippen molar-refractivity contribution in [3.05, 3.63) is 18.3 Å². The van der Waals surface area contributed by atoms with Crippen molar-refractivity contribution < 1.29 is 4.74 Å². The van der Waals surface area contributed by atoms with E-state index in [1.54, 1.807) is 13.3 Å². The number of hydrogen-bond donors (Lipinski definition) is 2. The van der Waals surface area contributed by atoms with Crippen LogP contribution in [0.4, 0.5) is 5.82 Å². The van der Waals surface area contributed by atoms with E-state index in [1.165, 1.54) is 0 Å². The van der Waals surface area contributed by atoms with Crippen molar-refractivity contribution in [2.45, 2.75) is 19.4 Å². The number of nitrogens with zero attached hydrogens (tertiary/aromatic N) is 1. The van der Waals surface area contributed by atoms with Crippen LogP contribution in [0.2, 0.25) is 0 Å². The maximum atomic E-state index is 5.61. The Labute approximate surface area is 84.5 Å². The van der Waals surface area contributed by atoms with Gasteiger partial charge in [-0.05, 0) is 26.0 Å². The van der Waals surface area contributed by atoms with Gasteiger partial charge in [0.2, 0.25) is 0 Å². The van der Waals surface area contributed by atoms with Crippen LogP contribution in [0.1, 0.15) is 13.8 Å². The van der Waals surface area contributed by atoms with Crippen LogP contribution in [0, 0.1) is 0 Å². The zero-order valence-corrected chi connectivity index (χ0v) is 8.87. The van der Waals surface area contributed by atoms with Gasteiger partial charge in [0.25, 0.3) is 0 Å². The zero-order valence-electron chi connectivity index (χ0n) is 8.87. The maximum absolute atomic E-state index is 5.61. The van der Waals surface area contributed by atoms with Gasteiger partial charge in [-0.3, -0.25) is 0 Å². The molecular weight excluding hydrogens is 178 g/mol. The second-order valence-electron chi connectivity index (χ2n) is 3.77. The largest absolute Gasteiger partial charge is 0.493 e. The molecule has 0 amide bonds. The summed E-state index contributed by atoms with van der Waals surface area (Å²) >= 11 is 0. The smallest absolute Gasteiger partial charge is 0.169 e. The SMILES string of the molecule is COc1cccnc1NC(C)(C)CN. The number of anilines is 1. The summed E-state index contributed by atoms with van der Waals surface area (Å²) in [5.74, 6) is 1.46. The van der Waals surface area contributed by atoms with E-state index in [0.717, 1.165) is 11.6 Å². The Morgan fingerprint density at radius 3 is 2.86 bits per heavy atom. The maximum Gasteiger partial charge on any atom is 0.169 e. The summed E-state index contributed by atoms with van der Waals surface area (Å²) in [6.45, 7) is 4.56. The zero-order chi connectivity index (χ0) is 10.6. The average Bonchev–Trinajstić information content (AvgIpc) is 2.18. The van der Waals surface area contributed by atoms with Crippen molar-refractivity contribution in [3.63, 3.8) is 0 Å². The molecule has 0 unspecified atom stereocenters. The lowest BCUT2D eigenvalue weighted by Gasteiger charge is -2.25. The van der Waals surface area contributed by atoms with E-state index >= 15 is 0 Å². The fourth-order valence-electron chi connectivity index (χ4n) is 1.02. The quantitative estimate of drug-likeness (QED) is 0.758. The second kappa shape index (κ2) is 4.28. The molecule has 3 N–H and O–H groups in total. The van der Waals surface area contributed by atoms with Crippen molar-refractivity contribution in [2.24, 2.45) is 5.73 Å². The fourth-order valence-corrected chi connectivity index (χ4v) is 1.02. The highest BCUT2D eigenvalue weighted by molar-refractivity contribution is 5.51. The van der Waals surface area contributed by atoms with E-state index in [1.807, 2.05) is 26.0 Å². The normalized spacial score (nSPS) is 11.1. The summed E-state index contributed by atoms with van der Waals surface area (Å²) < 4.78 is 5.17. The highest BCUT2D eigenvalue weighted by Gasteiger charge is 2.17. The third-order valence-corrected chi connectivity index (χ3v) is 1.96. The first kappa shape index (κ1) is 10.8. The molecule has 0 aliphatic carbocycles. The van der Waals surface area contributed by atoms with Gasteiger partial charge in [-0.1, -0.05) is 0 Å². The molecule has 0 fully saturated rings. The first-order chi connectivity index (χ1) is 6.59. The van der Waals surface area contributed by atoms with Crippen LogP contribution in [0.25, 0.3) is 0 Å². The first-order valence-corrected chi connectivity index (χ1v) is 4.56.